The largest absolute Gasteiger partial charge is 0.449 e. The van der Waals surface area contributed by atoms with E-state index in [0.717, 1.165) is 10.6 Å². The molecule has 0 unspecified atom stereocenters. The molecule has 0 N–H and O–H groups in total. The highest BCUT2D eigenvalue weighted by Crippen LogP contribution is 2.36. The van der Waals surface area contributed by atoms with Gasteiger partial charge in [-0.3, -0.25) is 9.55 Å². The zero-order valence-electron chi connectivity index (χ0n) is 16.7. The summed E-state index contributed by atoms with van der Waals surface area (Å²) in [4.78, 5) is 29.3. The number of pyridine rings is 1. The molecule has 30 heavy (non-hydrogen) atoms. The first kappa shape index (κ1) is 21.9. The Labute approximate surface area is 174 Å². The fourth-order valence-corrected chi connectivity index (χ4v) is 3.64. The number of alkyl halides is 3. The Morgan fingerprint density at radius 3 is 2.50 bits per heavy atom. The molecule has 160 valence electrons. The number of rotatable bonds is 3. The van der Waals surface area contributed by atoms with Gasteiger partial charge in [-0.15, -0.1) is 0 Å². The molecule has 0 atom stereocenters. The summed E-state index contributed by atoms with van der Waals surface area (Å²) in [5, 5.41) is -0.194. The molecule has 0 bridgehead atoms. The van der Waals surface area contributed by atoms with E-state index in [2.05, 4.69) is 4.98 Å². The molecule has 0 aliphatic carbocycles. The molecule has 3 rings (SSSR count). The van der Waals surface area contributed by atoms with Crippen LogP contribution in [0, 0.1) is 6.92 Å². The van der Waals surface area contributed by atoms with Gasteiger partial charge < -0.3 is 4.74 Å². The number of fused-ring (bicyclic) bond motifs is 1. The second-order valence-corrected chi connectivity index (χ2v) is 7.35. The molecule has 0 spiro atoms. The lowest BCUT2D eigenvalue weighted by atomic mass is 10.0. The number of benzene rings is 1. The van der Waals surface area contributed by atoms with Crippen molar-refractivity contribution >= 4 is 28.7 Å². The zero-order chi connectivity index (χ0) is 22.4. The summed E-state index contributed by atoms with van der Waals surface area (Å²) in [6, 6.07) is 3.79. The maximum atomic E-state index is 12.9. The van der Waals surface area contributed by atoms with Crippen molar-refractivity contribution in [3.05, 3.63) is 51.0 Å². The number of nitrogens with zero attached hydrogens (tertiary/aromatic N) is 3. The molecule has 0 radical (unpaired) electrons. The Morgan fingerprint density at radius 1 is 1.30 bits per heavy atom. The van der Waals surface area contributed by atoms with Gasteiger partial charge in [-0.25, -0.2) is 9.59 Å². The second kappa shape index (κ2) is 7.79. The number of ether oxygens (including phenoxy) is 1. The normalized spacial score (nSPS) is 12.0. The van der Waals surface area contributed by atoms with E-state index < -0.39 is 23.5 Å². The van der Waals surface area contributed by atoms with Gasteiger partial charge in [-0.05, 0) is 45.4 Å². The number of carbonyl (C=O) groups is 1. The van der Waals surface area contributed by atoms with E-state index in [0.29, 0.717) is 28.4 Å². The SMILES string of the molecule is CCOC(=O)n1c(=O)n(C(C)C)c2ccc(-c3ncc(C(F)(F)F)cc3Cl)c(C)c21. The number of hydrogen-bond acceptors (Lipinski definition) is 4. The first-order chi connectivity index (χ1) is 14.0. The second-order valence-electron chi connectivity index (χ2n) is 6.94. The molecule has 2 heterocycles. The number of halogens is 4. The van der Waals surface area contributed by atoms with E-state index in [9.17, 15) is 22.8 Å². The standard InChI is InChI=1S/C20H19ClF3N3O3/c1-5-30-19(29)27-17-11(4)13(6-7-15(17)26(10(2)3)18(27)28)16-14(21)8-12(9-25-16)20(22,23)24/h6-10H,5H2,1-4H3. The Morgan fingerprint density at radius 2 is 1.97 bits per heavy atom. The van der Waals surface area contributed by atoms with Gasteiger partial charge in [0.25, 0.3) is 0 Å². The molecule has 6 nitrogen and oxygen atoms in total. The van der Waals surface area contributed by atoms with E-state index in [-0.39, 0.29) is 23.4 Å². The number of carbonyl (C=O) groups excluding carboxylic acids is 1. The summed E-state index contributed by atoms with van der Waals surface area (Å²) in [5.74, 6) is 0. The van der Waals surface area contributed by atoms with Crippen molar-refractivity contribution in [3.63, 3.8) is 0 Å². The Hall–Kier alpha value is -2.81. The summed E-state index contributed by atoms with van der Waals surface area (Å²) in [7, 11) is 0. The minimum Gasteiger partial charge on any atom is -0.449 e. The summed E-state index contributed by atoms with van der Waals surface area (Å²) in [6.07, 6.45) is -4.71. The van der Waals surface area contributed by atoms with Crippen LogP contribution in [0.5, 0.6) is 0 Å². The monoisotopic (exact) mass is 441 g/mol. The Bertz CT molecular complexity index is 1200. The minimum absolute atomic E-state index is 0.0741. The molecular weight excluding hydrogens is 423 g/mol. The van der Waals surface area contributed by atoms with Crippen LogP contribution in [0.1, 0.15) is 37.9 Å². The number of imidazole rings is 1. The lowest BCUT2D eigenvalue weighted by Crippen LogP contribution is -2.30. The molecule has 0 saturated carbocycles. The van der Waals surface area contributed by atoms with Crippen molar-refractivity contribution in [1.82, 2.24) is 14.1 Å². The van der Waals surface area contributed by atoms with E-state index in [1.165, 1.54) is 4.57 Å². The fourth-order valence-electron chi connectivity index (χ4n) is 3.37. The Balaban J connectivity index is 2.32. The van der Waals surface area contributed by atoms with Crippen LogP contribution in [0.3, 0.4) is 0 Å². The molecule has 0 saturated heterocycles. The van der Waals surface area contributed by atoms with Gasteiger partial charge in [0.1, 0.15) is 0 Å². The fraction of sp³-hybridized carbons (Fsp3) is 0.350. The number of hydrogen-bond donors (Lipinski definition) is 0. The molecule has 0 fully saturated rings. The van der Waals surface area contributed by atoms with Crippen molar-refractivity contribution in [2.24, 2.45) is 0 Å². The molecule has 0 aliphatic rings. The highest BCUT2D eigenvalue weighted by atomic mass is 35.5. The van der Waals surface area contributed by atoms with Crippen molar-refractivity contribution in [1.29, 1.82) is 0 Å². The highest BCUT2D eigenvalue weighted by molar-refractivity contribution is 6.33. The summed E-state index contributed by atoms with van der Waals surface area (Å²) < 4.78 is 46.2. The molecular formula is C20H19ClF3N3O3. The van der Waals surface area contributed by atoms with Gasteiger partial charge in [0.05, 0.1) is 33.9 Å². The van der Waals surface area contributed by atoms with Crippen LogP contribution in [-0.2, 0) is 10.9 Å². The van der Waals surface area contributed by atoms with Gasteiger partial charge >= 0.3 is 18.0 Å². The average molecular weight is 442 g/mol. The first-order valence-corrected chi connectivity index (χ1v) is 9.53. The third kappa shape index (κ3) is 3.58. The lowest BCUT2D eigenvalue weighted by Gasteiger charge is -2.13. The maximum Gasteiger partial charge on any atom is 0.422 e. The molecule has 3 aromatic rings. The van der Waals surface area contributed by atoms with Crippen LogP contribution in [0.2, 0.25) is 5.02 Å². The Kier molecular flexibility index (Phi) is 5.68. The first-order valence-electron chi connectivity index (χ1n) is 9.15. The van der Waals surface area contributed by atoms with Crippen LogP contribution in [0.4, 0.5) is 18.0 Å². The summed E-state index contributed by atoms with van der Waals surface area (Å²) in [5.41, 5.74) is 0.236. The smallest absolute Gasteiger partial charge is 0.422 e. The average Bonchev–Trinajstić information content (AvgIpc) is 2.95. The van der Waals surface area contributed by atoms with Crippen LogP contribution in [0.15, 0.2) is 29.2 Å². The quantitative estimate of drug-likeness (QED) is 0.543. The van der Waals surface area contributed by atoms with E-state index in [1.807, 2.05) is 0 Å². The highest BCUT2D eigenvalue weighted by Gasteiger charge is 2.32. The summed E-state index contributed by atoms with van der Waals surface area (Å²) in [6.45, 7) is 6.94. The maximum absolute atomic E-state index is 12.9. The van der Waals surface area contributed by atoms with Crippen molar-refractivity contribution < 1.29 is 22.7 Å². The van der Waals surface area contributed by atoms with E-state index in [1.54, 1.807) is 39.8 Å². The lowest BCUT2D eigenvalue weighted by molar-refractivity contribution is -0.137. The van der Waals surface area contributed by atoms with Crippen molar-refractivity contribution in [2.45, 2.75) is 39.9 Å². The third-order valence-corrected chi connectivity index (χ3v) is 4.97. The van der Waals surface area contributed by atoms with Crippen LogP contribution in [-0.4, -0.2) is 26.8 Å². The predicted octanol–water partition coefficient (Wildman–Crippen LogP) is 5.43. The van der Waals surface area contributed by atoms with Crippen molar-refractivity contribution in [3.8, 4) is 11.3 Å². The molecule has 0 aliphatic heterocycles. The minimum atomic E-state index is -4.58. The molecule has 1 aromatic carbocycles. The van der Waals surface area contributed by atoms with E-state index >= 15 is 0 Å². The van der Waals surface area contributed by atoms with Gasteiger partial charge in [-0.1, -0.05) is 17.7 Å². The van der Waals surface area contributed by atoms with E-state index in [4.69, 9.17) is 16.3 Å². The van der Waals surface area contributed by atoms with Gasteiger partial charge in [-0.2, -0.15) is 17.7 Å². The number of aryl methyl sites for hydroxylation is 1. The predicted molar refractivity (Wildman–Crippen MR) is 107 cm³/mol. The van der Waals surface area contributed by atoms with Crippen LogP contribution < -0.4 is 5.69 Å². The number of aromatic nitrogens is 3. The molecule has 0 amide bonds. The van der Waals surface area contributed by atoms with Crippen LogP contribution >= 0.6 is 11.6 Å². The van der Waals surface area contributed by atoms with Gasteiger partial charge in [0.2, 0.25) is 0 Å². The van der Waals surface area contributed by atoms with Gasteiger partial charge in [0, 0.05) is 17.8 Å². The zero-order valence-corrected chi connectivity index (χ0v) is 17.4. The molecule has 2 aromatic heterocycles. The molecule has 10 heteroatoms. The van der Waals surface area contributed by atoms with Crippen molar-refractivity contribution in [2.75, 3.05) is 6.61 Å². The van der Waals surface area contributed by atoms with Crippen LogP contribution in [0.25, 0.3) is 22.3 Å². The summed E-state index contributed by atoms with van der Waals surface area (Å²) >= 11 is 6.10. The third-order valence-electron chi connectivity index (χ3n) is 4.68. The topological polar surface area (TPSA) is 66.1 Å². The van der Waals surface area contributed by atoms with Gasteiger partial charge in [0.15, 0.2) is 0 Å².